The second-order valence-corrected chi connectivity index (χ2v) is 9.10. The van der Waals surface area contributed by atoms with Gasteiger partial charge >= 0.3 is 0 Å². The van der Waals surface area contributed by atoms with Crippen LogP contribution in [-0.4, -0.2) is 37.2 Å². The van der Waals surface area contributed by atoms with Crippen LogP contribution >= 0.6 is 0 Å². The highest BCUT2D eigenvalue weighted by Gasteiger charge is 2.35. The van der Waals surface area contributed by atoms with E-state index in [1.165, 1.54) is 4.90 Å². The summed E-state index contributed by atoms with van der Waals surface area (Å²) < 4.78 is 22.2. The summed E-state index contributed by atoms with van der Waals surface area (Å²) in [5.74, 6) is 2.15. The molecule has 0 saturated heterocycles. The van der Waals surface area contributed by atoms with E-state index in [4.69, 9.17) is 18.9 Å². The number of rotatable bonds is 7. The van der Waals surface area contributed by atoms with Gasteiger partial charge in [-0.2, -0.15) is 0 Å². The summed E-state index contributed by atoms with van der Waals surface area (Å²) in [7, 11) is 1.58. The van der Waals surface area contributed by atoms with Gasteiger partial charge in [-0.25, -0.2) is 0 Å². The summed E-state index contributed by atoms with van der Waals surface area (Å²) in [4.78, 5) is 28.3. The van der Waals surface area contributed by atoms with Gasteiger partial charge in [0.25, 0.3) is 11.8 Å². The molecular formula is C29H27NO6. The molecule has 0 atom stereocenters. The Morgan fingerprint density at radius 2 is 1.69 bits per heavy atom. The van der Waals surface area contributed by atoms with Crippen molar-refractivity contribution in [3.8, 4) is 23.0 Å². The van der Waals surface area contributed by atoms with Gasteiger partial charge < -0.3 is 18.9 Å². The third-order valence-electron chi connectivity index (χ3n) is 6.02. The maximum atomic E-state index is 13.7. The Bertz CT molecular complexity index is 1360. The van der Waals surface area contributed by atoms with Crippen LogP contribution in [0.4, 0.5) is 0 Å². The zero-order valence-electron chi connectivity index (χ0n) is 20.4. The Labute approximate surface area is 209 Å². The fraction of sp³-hybridized carbons (Fsp3) is 0.241. The lowest BCUT2D eigenvalue weighted by atomic mass is 9.91. The van der Waals surface area contributed by atoms with Crippen molar-refractivity contribution in [1.82, 2.24) is 4.90 Å². The number of carbonyl (C=O) groups is 2. The van der Waals surface area contributed by atoms with Crippen LogP contribution < -0.4 is 18.9 Å². The average molecular weight is 486 g/mol. The molecule has 7 heteroatoms. The Hall–Kier alpha value is -4.26. The first-order valence-corrected chi connectivity index (χ1v) is 11.8. The number of hydrogen-bond acceptors (Lipinski definition) is 6. The second kappa shape index (κ2) is 9.77. The van der Waals surface area contributed by atoms with Gasteiger partial charge in [-0.3, -0.25) is 14.5 Å². The first kappa shape index (κ1) is 23.5. The number of nitrogens with zero attached hydrogens (tertiary/aromatic N) is 1. The van der Waals surface area contributed by atoms with E-state index in [-0.39, 0.29) is 25.2 Å². The summed E-state index contributed by atoms with van der Waals surface area (Å²) in [5, 5.41) is 0. The maximum absolute atomic E-state index is 13.7. The van der Waals surface area contributed by atoms with Crippen LogP contribution in [0, 0.1) is 5.92 Å². The fourth-order valence-corrected chi connectivity index (χ4v) is 4.22. The van der Waals surface area contributed by atoms with Crippen molar-refractivity contribution in [2.45, 2.75) is 20.4 Å². The van der Waals surface area contributed by atoms with E-state index in [1.807, 2.05) is 30.3 Å². The lowest BCUT2D eigenvalue weighted by molar-refractivity contribution is -0.123. The topological polar surface area (TPSA) is 74.3 Å². The van der Waals surface area contributed by atoms with Crippen LogP contribution in [0.3, 0.4) is 0 Å². The fourth-order valence-electron chi connectivity index (χ4n) is 4.22. The van der Waals surface area contributed by atoms with Crippen molar-refractivity contribution in [3.05, 3.63) is 82.9 Å². The van der Waals surface area contributed by atoms with Crippen molar-refractivity contribution < 1.29 is 28.5 Å². The molecule has 36 heavy (non-hydrogen) atoms. The minimum absolute atomic E-state index is 0.116. The molecule has 2 aliphatic heterocycles. The number of amides is 2. The van der Waals surface area contributed by atoms with Crippen LogP contribution in [0.5, 0.6) is 23.0 Å². The highest BCUT2D eigenvalue weighted by atomic mass is 16.7. The van der Waals surface area contributed by atoms with E-state index in [2.05, 4.69) is 13.8 Å². The Balaban J connectivity index is 1.50. The van der Waals surface area contributed by atoms with Crippen molar-refractivity contribution in [1.29, 1.82) is 0 Å². The van der Waals surface area contributed by atoms with Crippen molar-refractivity contribution in [2.75, 3.05) is 20.5 Å². The van der Waals surface area contributed by atoms with E-state index in [0.29, 0.717) is 52.2 Å². The largest absolute Gasteiger partial charge is 0.493 e. The molecule has 0 radical (unpaired) electrons. The van der Waals surface area contributed by atoms with E-state index < -0.39 is 0 Å². The van der Waals surface area contributed by atoms with Gasteiger partial charge in [-0.05, 0) is 59.0 Å². The van der Waals surface area contributed by atoms with Gasteiger partial charge in [0.2, 0.25) is 6.79 Å². The molecule has 7 nitrogen and oxygen atoms in total. The molecule has 0 aromatic heterocycles. The first-order chi connectivity index (χ1) is 17.4. The van der Waals surface area contributed by atoms with Crippen LogP contribution in [0.25, 0.3) is 11.6 Å². The molecule has 0 spiro atoms. The predicted octanol–water partition coefficient (Wildman–Crippen LogP) is 5.18. The summed E-state index contributed by atoms with van der Waals surface area (Å²) >= 11 is 0. The number of benzene rings is 3. The number of ether oxygens (including phenoxy) is 4. The van der Waals surface area contributed by atoms with Crippen LogP contribution in [-0.2, 0) is 11.3 Å². The Morgan fingerprint density at radius 3 is 2.47 bits per heavy atom. The molecule has 0 bridgehead atoms. The van der Waals surface area contributed by atoms with Crippen molar-refractivity contribution >= 4 is 23.5 Å². The van der Waals surface area contributed by atoms with Gasteiger partial charge in [-0.1, -0.05) is 44.2 Å². The molecule has 0 unspecified atom stereocenters. The van der Waals surface area contributed by atoms with E-state index in [9.17, 15) is 9.59 Å². The molecule has 3 aromatic carbocycles. The summed E-state index contributed by atoms with van der Waals surface area (Å²) in [6.07, 6.45) is 1.79. The minimum atomic E-state index is -0.365. The smallest absolute Gasteiger partial charge is 0.261 e. The van der Waals surface area contributed by atoms with Gasteiger partial charge in [0, 0.05) is 11.1 Å². The molecule has 3 aromatic rings. The molecule has 2 aliphatic rings. The first-order valence-electron chi connectivity index (χ1n) is 11.8. The number of hydrogen-bond donors (Lipinski definition) is 0. The summed E-state index contributed by atoms with van der Waals surface area (Å²) in [5.41, 5.74) is 3.05. The molecule has 5 rings (SSSR count). The highest BCUT2D eigenvalue weighted by Crippen LogP contribution is 2.36. The standard InChI is InChI=1S/C29H27NO6/c1-18(2)16-34-24-10-8-19(13-26(24)33-3)12-23-21-6-4-5-7-22(21)28(31)30(29(23)32)15-20-9-11-25-27(14-20)36-17-35-25/h4-14,18H,15-17H2,1-3H3. The molecule has 0 saturated carbocycles. The summed E-state index contributed by atoms with van der Waals surface area (Å²) in [6, 6.07) is 18.1. The van der Waals surface area contributed by atoms with Gasteiger partial charge in [-0.15, -0.1) is 0 Å². The Morgan fingerprint density at radius 1 is 0.917 bits per heavy atom. The molecule has 2 heterocycles. The van der Waals surface area contributed by atoms with Crippen molar-refractivity contribution in [3.63, 3.8) is 0 Å². The number of carbonyl (C=O) groups excluding carboxylic acids is 2. The van der Waals surface area contributed by atoms with Crippen molar-refractivity contribution in [2.24, 2.45) is 5.92 Å². The van der Waals surface area contributed by atoms with Gasteiger partial charge in [0.1, 0.15) is 0 Å². The number of fused-ring (bicyclic) bond motifs is 2. The maximum Gasteiger partial charge on any atom is 0.261 e. The molecular weight excluding hydrogens is 458 g/mol. The van der Waals surface area contributed by atoms with Crippen LogP contribution in [0.15, 0.2) is 60.7 Å². The molecule has 2 amide bonds. The Kier molecular flexibility index (Phi) is 6.38. The predicted molar refractivity (Wildman–Crippen MR) is 135 cm³/mol. The van der Waals surface area contributed by atoms with E-state index in [1.54, 1.807) is 43.5 Å². The number of imide groups is 1. The normalized spacial score (nSPS) is 15.4. The zero-order chi connectivity index (χ0) is 25.2. The van der Waals surface area contributed by atoms with Crippen LogP contribution in [0.1, 0.15) is 40.9 Å². The quantitative estimate of drug-likeness (QED) is 0.339. The highest BCUT2D eigenvalue weighted by molar-refractivity contribution is 6.33. The third kappa shape index (κ3) is 4.52. The van der Waals surface area contributed by atoms with Crippen LogP contribution in [0.2, 0.25) is 0 Å². The SMILES string of the molecule is COc1cc(C=C2C(=O)N(Cc3ccc4c(c3)OCO4)C(=O)c3ccccc32)ccc1OCC(C)C. The molecule has 184 valence electrons. The van der Waals surface area contributed by atoms with Gasteiger partial charge in [0.05, 0.1) is 20.3 Å². The monoisotopic (exact) mass is 485 g/mol. The lowest BCUT2D eigenvalue weighted by Crippen LogP contribution is -2.41. The zero-order valence-corrected chi connectivity index (χ0v) is 20.4. The second-order valence-electron chi connectivity index (χ2n) is 9.10. The third-order valence-corrected chi connectivity index (χ3v) is 6.02. The minimum Gasteiger partial charge on any atom is -0.493 e. The molecule has 0 fully saturated rings. The summed E-state index contributed by atoms with van der Waals surface area (Å²) in [6.45, 7) is 5.00. The van der Waals surface area contributed by atoms with Gasteiger partial charge in [0.15, 0.2) is 23.0 Å². The number of methoxy groups -OCH3 is 1. The average Bonchev–Trinajstić information content (AvgIpc) is 3.36. The lowest BCUT2D eigenvalue weighted by Gasteiger charge is -2.29. The molecule has 0 N–H and O–H groups in total. The van der Waals surface area contributed by atoms with E-state index in [0.717, 1.165) is 11.1 Å². The van der Waals surface area contributed by atoms with E-state index >= 15 is 0 Å². The molecule has 0 aliphatic carbocycles.